The van der Waals surface area contributed by atoms with E-state index in [4.69, 9.17) is 4.74 Å². The van der Waals surface area contributed by atoms with Crippen LogP contribution >= 0.6 is 0 Å². The van der Waals surface area contributed by atoms with Crippen molar-refractivity contribution in [3.8, 4) is 5.82 Å². The average Bonchev–Trinajstić information content (AvgIpc) is 3.05. The van der Waals surface area contributed by atoms with Crippen LogP contribution < -0.4 is 5.32 Å². The molecule has 1 aromatic carbocycles. The lowest BCUT2D eigenvalue weighted by atomic mass is 10.2. The molecule has 0 aliphatic rings. The Morgan fingerprint density at radius 3 is 2.73 bits per heavy atom. The zero-order valence-electron chi connectivity index (χ0n) is 14.7. The SMILES string of the molecule is CCCC(=O)Nc1c(C(=O)OCC)cnn1-c1ccc2ccccc2n1. The summed E-state index contributed by atoms with van der Waals surface area (Å²) in [6.07, 6.45) is 2.43. The molecule has 3 rings (SSSR count). The fraction of sp³-hybridized carbons (Fsp3) is 0.263. The van der Waals surface area contributed by atoms with Crippen molar-refractivity contribution in [2.24, 2.45) is 0 Å². The molecule has 0 radical (unpaired) electrons. The Hall–Kier alpha value is -3.22. The van der Waals surface area contributed by atoms with E-state index < -0.39 is 5.97 Å². The summed E-state index contributed by atoms with van der Waals surface area (Å²) in [4.78, 5) is 28.9. The number of carbonyl (C=O) groups is 2. The molecule has 0 fully saturated rings. The standard InChI is InChI=1S/C19H20N4O3/c1-3-7-17(24)22-18-14(19(25)26-4-2)12-20-23(18)16-11-10-13-8-5-6-9-15(13)21-16/h5-6,8-12H,3-4,7H2,1-2H3,(H,22,24). The van der Waals surface area contributed by atoms with Crippen molar-refractivity contribution in [1.29, 1.82) is 0 Å². The maximum Gasteiger partial charge on any atom is 0.343 e. The predicted molar refractivity (Wildman–Crippen MR) is 98.4 cm³/mol. The van der Waals surface area contributed by atoms with Crippen LogP contribution in [0.15, 0.2) is 42.6 Å². The number of nitrogens with one attached hydrogen (secondary N) is 1. The predicted octanol–water partition coefficient (Wildman–Crippen LogP) is 3.34. The van der Waals surface area contributed by atoms with E-state index in [1.807, 2.05) is 37.3 Å². The van der Waals surface area contributed by atoms with Crippen molar-refractivity contribution >= 4 is 28.6 Å². The fourth-order valence-corrected chi connectivity index (χ4v) is 2.60. The number of benzene rings is 1. The molecule has 0 aliphatic heterocycles. The first-order valence-corrected chi connectivity index (χ1v) is 8.55. The van der Waals surface area contributed by atoms with Crippen molar-refractivity contribution in [1.82, 2.24) is 14.8 Å². The van der Waals surface area contributed by atoms with Crippen LogP contribution in [0.4, 0.5) is 5.82 Å². The molecule has 0 aliphatic carbocycles. The third-order valence-corrected chi connectivity index (χ3v) is 3.80. The van der Waals surface area contributed by atoms with Gasteiger partial charge in [0.15, 0.2) is 11.6 Å². The number of fused-ring (bicyclic) bond motifs is 1. The maximum absolute atomic E-state index is 12.2. The number of para-hydroxylation sites is 1. The molecule has 2 aromatic heterocycles. The molecular weight excluding hydrogens is 332 g/mol. The van der Waals surface area contributed by atoms with E-state index in [2.05, 4.69) is 15.4 Å². The molecule has 0 atom stereocenters. The highest BCUT2D eigenvalue weighted by atomic mass is 16.5. The molecular formula is C19H20N4O3. The zero-order valence-corrected chi connectivity index (χ0v) is 14.7. The van der Waals surface area contributed by atoms with Crippen LogP contribution in [0, 0.1) is 0 Å². The third kappa shape index (κ3) is 3.56. The summed E-state index contributed by atoms with van der Waals surface area (Å²) in [5, 5.41) is 8.01. The van der Waals surface area contributed by atoms with Gasteiger partial charge in [-0.1, -0.05) is 25.1 Å². The lowest BCUT2D eigenvalue weighted by Crippen LogP contribution is -2.18. The van der Waals surface area contributed by atoms with E-state index in [1.165, 1.54) is 10.9 Å². The second-order valence-electron chi connectivity index (χ2n) is 5.70. The molecule has 26 heavy (non-hydrogen) atoms. The first-order chi connectivity index (χ1) is 12.6. The minimum absolute atomic E-state index is 0.194. The smallest absolute Gasteiger partial charge is 0.343 e. The molecule has 0 unspecified atom stereocenters. The molecule has 1 amide bonds. The minimum atomic E-state index is -0.536. The monoisotopic (exact) mass is 352 g/mol. The molecule has 1 N–H and O–H groups in total. The van der Waals surface area contributed by atoms with Crippen molar-refractivity contribution in [2.75, 3.05) is 11.9 Å². The van der Waals surface area contributed by atoms with Gasteiger partial charge in [0.05, 0.1) is 18.3 Å². The van der Waals surface area contributed by atoms with Crippen LogP contribution in [0.3, 0.4) is 0 Å². The van der Waals surface area contributed by atoms with Crippen LogP contribution in [0.25, 0.3) is 16.7 Å². The molecule has 7 nitrogen and oxygen atoms in total. The fourth-order valence-electron chi connectivity index (χ4n) is 2.60. The first-order valence-electron chi connectivity index (χ1n) is 8.55. The van der Waals surface area contributed by atoms with E-state index >= 15 is 0 Å². The van der Waals surface area contributed by atoms with Gasteiger partial charge in [0.1, 0.15) is 5.56 Å². The van der Waals surface area contributed by atoms with Gasteiger partial charge >= 0.3 is 5.97 Å². The molecule has 3 aromatic rings. The van der Waals surface area contributed by atoms with Gasteiger partial charge in [-0.05, 0) is 31.5 Å². The Morgan fingerprint density at radius 1 is 1.15 bits per heavy atom. The van der Waals surface area contributed by atoms with Gasteiger partial charge in [0.25, 0.3) is 0 Å². The highest BCUT2D eigenvalue weighted by Gasteiger charge is 2.21. The lowest BCUT2D eigenvalue weighted by Gasteiger charge is -2.11. The number of nitrogens with zero attached hydrogens (tertiary/aromatic N) is 3. The van der Waals surface area contributed by atoms with Crippen LogP contribution in [-0.2, 0) is 9.53 Å². The number of amides is 1. The number of anilines is 1. The summed E-state index contributed by atoms with van der Waals surface area (Å²) in [5.74, 6) is 0.0441. The van der Waals surface area contributed by atoms with Crippen LogP contribution in [0.2, 0.25) is 0 Å². The topological polar surface area (TPSA) is 86.1 Å². The number of aromatic nitrogens is 3. The van der Waals surface area contributed by atoms with Crippen LogP contribution in [0.1, 0.15) is 37.0 Å². The largest absolute Gasteiger partial charge is 0.462 e. The number of pyridine rings is 1. The summed E-state index contributed by atoms with van der Waals surface area (Å²) in [6.45, 7) is 3.87. The van der Waals surface area contributed by atoms with E-state index in [0.29, 0.717) is 18.7 Å². The highest BCUT2D eigenvalue weighted by Crippen LogP contribution is 2.22. The van der Waals surface area contributed by atoms with E-state index in [9.17, 15) is 9.59 Å². The lowest BCUT2D eigenvalue weighted by molar-refractivity contribution is -0.116. The van der Waals surface area contributed by atoms with E-state index in [0.717, 1.165) is 10.9 Å². The molecule has 2 heterocycles. The molecule has 0 saturated carbocycles. The first kappa shape index (κ1) is 17.6. The maximum atomic E-state index is 12.2. The second-order valence-corrected chi connectivity index (χ2v) is 5.70. The Morgan fingerprint density at radius 2 is 1.96 bits per heavy atom. The Labute approximate surface area is 151 Å². The molecule has 7 heteroatoms. The van der Waals surface area contributed by atoms with Crippen LogP contribution in [-0.4, -0.2) is 33.2 Å². The van der Waals surface area contributed by atoms with Crippen molar-refractivity contribution in [3.05, 3.63) is 48.2 Å². The van der Waals surface area contributed by atoms with Crippen molar-refractivity contribution < 1.29 is 14.3 Å². The number of hydrogen-bond donors (Lipinski definition) is 1. The molecule has 0 saturated heterocycles. The van der Waals surface area contributed by atoms with Crippen LogP contribution in [0.5, 0.6) is 0 Å². The summed E-state index contributed by atoms with van der Waals surface area (Å²) in [7, 11) is 0. The van der Waals surface area contributed by atoms with E-state index in [-0.39, 0.29) is 23.9 Å². The summed E-state index contributed by atoms with van der Waals surface area (Å²) < 4.78 is 6.52. The summed E-state index contributed by atoms with van der Waals surface area (Å²) >= 11 is 0. The van der Waals surface area contributed by atoms with E-state index in [1.54, 1.807) is 13.0 Å². The average molecular weight is 352 g/mol. The Balaban J connectivity index is 2.06. The number of rotatable bonds is 6. The van der Waals surface area contributed by atoms with Gasteiger partial charge in [-0.2, -0.15) is 9.78 Å². The van der Waals surface area contributed by atoms with Gasteiger partial charge in [-0.15, -0.1) is 0 Å². The van der Waals surface area contributed by atoms with Crippen molar-refractivity contribution in [3.63, 3.8) is 0 Å². The van der Waals surface area contributed by atoms with Gasteiger partial charge in [-0.25, -0.2) is 9.78 Å². The third-order valence-electron chi connectivity index (χ3n) is 3.80. The number of hydrogen-bond acceptors (Lipinski definition) is 5. The Bertz CT molecular complexity index is 949. The van der Waals surface area contributed by atoms with Gasteiger partial charge in [0.2, 0.25) is 5.91 Å². The second kappa shape index (κ2) is 7.77. The number of ether oxygens (including phenoxy) is 1. The highest BCUT2D eigenvalue weighted by molar-refractivity contribution is 6.00. The summed E-state index contributed by atoms with van der Waals surface area (Å²) in [5.41, 5.74) is 0.996. The summed E-state index contributed by atoms with van der Waals surface area (Å²) in [6, 6.07) is 11.4. The molecule has 0 spiro atoms. The number of esters is 1. The van der Waals surface area contributed by atoms with Gasteiger partial charge in [0, 0.05) is 11.8 Å². The zero-order chi connectivity index (χ0) is 18.5. The number of carbonyl (C=O) groups excluding carboxylic acids is 2. The molecule has 0 bridgehead atoms. The normalized spacial score (nSPS) is 10.7. The minimum Gasteiger partial charge on any atom is -0.462 e. The van der Waals surface area contributed by atoms with Gasteiger partial charge in [-0.3, -0.25) is 4.79 Å². The Kier molecular flexibility index (Phi) is 5.26. The molecule has 134 valence electrons. The van der Waals surface area contributed by atoms with Gasteiger partial charge < -0.3 is 10.1 Å². The van der Waals surface area contributed by atoms with Crippen molar-refractivity contribution in [2.45, 2.75) is 26.7 Å². The quantitative estimate of drug-likeness (QED) is 0.688.